The lowest BCUT2D eigenvalue weighted by molar-refractivity contribution is -0.118. The van der Waals surface area contributed by atoms with Crippen molar-refractivity contribution in [3.63, 3.8) is 0 Å². The smallest absolute Gasteiger partial charge is 0.230 e. The van der Waals surface area contributed by atoms with Gasteiger partial charge in [0.05, 0.1) is 63.4 Å². The van der Waals surface area contributed by atoms with Crippen molar-refractivity contribution in [2.45, 2.75) is 105 Å². The van der Waals surface area contributed by atoms with Gasteiger partial charge in [-0.05, 0) is 173 Å². The summed E-state index contributed by atoms with van der Waals surface area (Å²) in [7, 11) is 0. The fourth-order valence-corrected chi connectivity index (χ4v) is 13.8. The third kappa shape index (κ3) is 28.0. The van der Waals surface area contributed by atoms with Gasteiger partial charge in [-0.1, -0.05) is 153 Å². The first-order valence-corrected chi connectivity index (χ1v) is 42.6. The van der Waals surface area contributed by atoms with E-state index in [4.69, 9.17) is 38.0 Å². The number of rotatable bonds is 28. The second-order valence-corrected chi connectivity index (χ2v) is 30.9. The Hall–Kier alpha value is -9.15. The largest absolute Gasteiger partial charge is 0.506 e. The summed E-state index contributed by atoms with van der Waals surface area (Å²) in [6, 6.07) is 57.7. The molecule has 11 rings (SSSR count). The van der Waals surface area contributed by atoms with Gasteiger partial charge in [-0.15, -0.1) is 0 Å². The Morgan fingerprint density at radius 1 is 0.551 bits per heavy atom. The number of hydrogen-bond donors (Lipinski definition) is 8. The number of aliphatic hydroxyl groups excluding tert-OH is 1. The molecule has 0 amide bonds. The van der Waals surface area contributed by atoms with Crippen molar-refractivity contribution in [3.05, 3.63) is 313 Å². The molecule has 0 spiro atoms. The lowest BCUT2D eigenvalue weighted by Gasteiger charge is -2.36. The average Bonchev–Trinajstić information content (AvgIpc) is 0.744. The summed E-state index contributed by atoms with van der Waals surface area (Å²) in [5.41, 5.74) is 14.3. The van der Waals surface area contributed by atoms with Gasteiger partial charge in [0.2, 0.25) is 11.1 Å². The van der Waals surface area contributed by atoms with Crippen molar-refractivity contribution in [2.24, 2.45) is 0 Å². The molecule has 8 aromatic carbocycles. The van der Waals surface area contributed by atoms with Crippen LogP contribution in [0.15, 0.2) is 196 Å². The number of ketones is 7. The van der Waals surface area contributed by atoms with Crippen LogP contribution < -0.4 is 10.3 Å². The van der Waals surface area contributed by atoms with E-state index in [-0.39, 0.29) is 128 Å². The Balaban J connectivity index is 0.000000223. The molecule has 3 aromatic heterocycles. The highest BCUT2D eigenvalue weighted by molar-refractivity contribution is 9.10. The zero-order valence-corrected chi connectivity index (χ0v) is 74.6. The zero-order chi connectivity index (χ0) is 86.9. The molecule has 0 fully saturated rings. The minimum absolute atomic E-state index is 0.0149. The van der Waals surface area contributed by atoms with Gasteiger partial charge in [0.15, 0.2) is 5.78 Å². The van der Waals surface area contributed by atoms with E-state index in [1.807, 2.05) is 12.1 Å². The van der Waals surface area contributed by atoms with Crippen LogP contribution in [0.4, 0.5) is 10.1 Å². The van der Waals surface area contributed by atoms with Crippen molar-refractivity contribution in [1.82, 2.24) is 9.97 Å². The molecular formula is C92H91BrCl2FN5O11S6. The van der Waals surface area contributed by atoms with E-state index < -0.39 is 17.0 Å². The number of nitrogens with zero attached hydrogens (tertiary/aromatic N) is 5. The summed E-state index contributed by atoms with van der Waals surface area (Å²) < 4.78 is 20.2. The fourth-order valence-electron chi connectivity index (χ4n) is 12.4. The first-order valence-electron chi connectivity index (χ1n) is 37.2. The minimum Gasteiger partial charge on any atom is -0.506 e. The number of aryl methyl sites for hydroxylation is 5. The molecule has 0 bridgehead atoms. The number of aromatic hydroxyl groups is 1. The Bertz CT molecular complexity index is 5440. The molecule has 118 heavy (non-hydrogen) atoms. The number of carbonyl (C=O) groups excluding carboxylic acids is 7. The highest BCUT2D eigenvalue weighted by Gasteiger charge is 2.38. The number of carbonyl (C=O) groups is 7. The molecule has 26 heteroatoms. The molecule has 0 saturated heterocycles. The number of thiol groups is 6. The molecule has 0 atom stereocenters. The number of halogens is 4. The van der Waals surface area contributed by atoms with Crippen LogP contribution in [0.5, 0.6) is 5.75 Å². The first kappa shape index (κ1) is 97.7. The molecule has 0 aliphatic rings. The van der Waals surface area contributed by atoms with Crippen LogP contribution in [0.1, 0.15) is 132 Å². The Morgan fingerprint density at radius 2 is 1.05 bits per heavy atom. The molecule has 2 N–H and O–H groups in total. The number of aromatic nitrogens is 2. The molecule has 0 radical (unpaired) electrons. The fraction of sp³-hybridized carbons (Fsp3) is 0.261. The van der Waals surface area contributed by atoms with Crippen molar-refractivity contribution < 1.29 is 52.6 Å². The molecule has 16 nitrogen and oxygen atoms in total. The first-order chi connectivity index (χ1) is 56.4. The number of fused-ring (bicyclic) bond motifs is 2. The zero-order valence-electron chi connectivity index (χ0n) is 66.1. The normalized spacial score (nSPS) is 10.6. The number of benzene rings is 8. The monoisotopic (exact) mass is 1800 g/mol. The number of anilines is 1. The highest BCUT2D eigenvalue weighted by atomic mass is 79.9. The van der Waals surface area contributed by atoms with Crippen molar-refractivity contribution >= 4 is 183 Å². The van der Waals surface area contributed by atoms with E-state index in [0.29, 0.717) is 91.7 Å². The molecule has 0 unspecified atom stereocenters. The predicted octanol–water partition coefficient (Wildman–Crippen LogP) is 18.8. The summed E-state index contributed by atoms with van der Waals surface area (Å²) in [5.74, 6) is 0.0624. The molecule has 3 heterocycles. The van der Waals surface area contributed by atoms with E-state index in [0.717, 1.165) is 39.8 Å². The van der Waals surface area contributed by atoms with Crippen LogP contribution >= 0.6 is 115 Å². The van der Waals surface area contributed by atoms with E-state index in [1.165, 1.54) is 64.5 Å². The van der Waals surface area contributed by atoms with Crippen LogP contribution in [-0.4, -0.2) is 108 Å². The second kappa shape index (κ2) is 48.8. The van der Waals surface area contributed by atoms with E-state index >= 15 is 0 Å². The third-order valence-electron chi connectivity index (χ3n) is 18.8. The maximum atomic E-state index is 13.8. The number of Topliss-reactive ketones (excluding diaryl/α,β-unsaturated/α-hetero) is 6. The van der Waals surface area contributed by atoms with E-state index in [2.05, 4.69) is 239 Å². The van der Waals surface area contributed by atoms with Crippen molar-refractivity contribution in [1.29, 1.82) is 10.5 Å². The average molecular weight is 1800 g/mol. The molecule has 614 valence electrons. The predicted molar refractivity (Wildman–Crippen MR) is 493 cm³/mol. The summed E-state index contributed by atoms with van der Waals surface area (Å²) in [4.78, 5) is 105. The number of nitriles is 2. The maximum Gasteiger partial charge on any atom is 0.230 e. The lowest BCUT2D eigenvalue weighted by atomic mass is 9.66. The van der Waals surface area contributed by atoms with Gasteiger partial charge < -0.3 is 19.5 Å². The molecule has 11 aromatic rings. The van der Waals surface area contributed by atoms with E-state index in [1.54, 1.807) is 61.5 Å². The minimum atomic E-state index is -0.603. The van der Waals surface area contributed by atoms with Crippen molar-refractivity contribution in [3.8, 4) is 17.9 Å². The summed E-state index contributed by atoms with van der Waals surface area (Å²) >= 11 is 38.8. The molecule has 0 aliphatic carbocycles. The topological polar surface area (TPSA) is 267 Å². The molecule has 0 saturated carbocycles. The maximum absolute atomic E-state index is 13.8. The van der Waals surface area contributed by atoms with Gasteiger partial charge in [-0.3, -0.25) is 43.3 Å². The van der Waals surface area contributed by atoms with Gasteiger partial charge in [0, 0.05) is 123 Å². The Labute approximate surface area is 739 Å². The van der Waals surface area contributed by atoms with Gasteiger partial charge in [0.25, 0.3) is 0 Å². The van der Waals surface area contributed by atoms with E-state index in [9.17, 15) is 53.1 Å². The summed E-state index contributed by atoms with van der Waals surface area (Å²) in [6.45, 7) is 16.1. The third-order valence-corrected chi connectivity index (χ3v) is 21.9. The van der Waals surface area contributed by atoms with Crippen molar-refractivity contribution in [2.75, 3.05) is 52.5 Å². The van der Waals surface area contributed by atoms with Gasteiger partial charge in [-0.2, -0.15) is 86.3 Å². The SMILES string of the molecule is CCN(CC)c1ccc(CC(=O)CS)c(C)c1.Cc1ccc(C(CC(=O)CS)(c2ccc(C)cc2)c2ccc(C)cc2)cc1.Cc1ncc(CO)c(CCC(=O)CS)c1O.N#Cc1cc2c(=O)c3cc(Br)ccc3oc2nc1CC(=O)CS.N#Cc1ccc(Cl)cc1CC(=O)CS.O=C(CS)Cc1ccc(Cl)cc1C(=O)c1ccccc1F. The molecular weight excluding hydrogens is 1710 g/mol. The van der Waals surface area contributed by atoms with Crippen LogP contribution in [0, 0.1) is 63.1 Å². The number of aliphatic hydroxyl groups is 1. The lowest BCUT2D eigenvalue weighted by Crippen LogP contribution is -2.33. The van der Waals surface area contributed by atoms with Crippen LogP contribution in [0.3, 0.4) is 0 Å². The summed E-state index contributed by atoms with van der Waals surface area (Å²) in [6.07, 6.45) is 3.39. The van der Waals surface area contributed by atoms with Gasteiger partial charge >= 0.3 is 0 Å². The summed E-state index contributed by atoms with van der Waals surface area (Å²) in [5, 5.41) is 38.4. The number of hydrogen-bond acceptors (Lipinski definition) is 22. The Morgan fingerprint density at radius 3 is 1.56 bits per heavy atom. The second-order valence-electron chi connectivity index (χ2n) is 27.2. The van der Waals surface area contributed by atoms with Crippen LogP contribution in [0.2, 0.25) is 10.0 Å². The Kier molecular flexibility index (Phi) is 40.4. The van der Waals surface area contributed by atoms with Gasteiger partial charge in [-0.25, -0.2) is 9.37 Å². The van der Waals surface area contributed by atoms with Crippen LogP contribution in [-0.2, 0) is 72.9 Å². The van der Waals surface area contributed by atoms with Crippen LogP contribution in [0.25, 0.3) is 22.1 Å². The molecule has 0 aliphatic heterocycles. The number of pyridine rings is 2. The van der Waals surface area contributed by atoms with Gasteiger partial charge in [0.1, 0.15) is 57.9 Å². The highest BCUT2D eigenvalue weighted by Crippen LogP contribution is 2.43. The quantitative estimate of drug-likeness (QED) is 0.00980. The standard InChI is InChI=1S/C25H26OS.C16H9BrN2O3S.C16H12ClFO2S.C14H21NOS.C11H15NO3S.C10H8ClNOS/c1-18-4-10-21(11-5-18)25(16-24(26)17-27,22-12-6-19(2)7-13-22)23-14-8-20(3)9-15-23;17-9-1-2-14-11(4-9)15(21)12-3-8(6-18)13(5-10(20)7-23)19-16(12)22-14;17-11-6-5-10(7-12(19)9-21)14(8-11)16(20)13-3-1-2-4-15(13)18;1-4-15(5-2)13-7-6-12(11(3)8-13)9-14(16)10-17;1-7-11(15)10(3-2-9(14)6-16)8(5-13)4-12-7;11-9-2-1-7(5-12)8(3-9)4-10(13)6-14/h4-15,27H,16-17H2,1-3H3;1-4,23H,5,7H2;1-6,8,21H,7,9H2;6-8,17H,4-5,9-10H2,1-3H3;4,13,15-16H,2-3,5-6H2,1H3;1-3,14H,4,6H2.